The summed E-state index contributed by atoms with van der Waals surface area (Å²) < 4.78 is 0.773. The van der Waals surface area contributed by atoms with Gasteiger partial charge in [-0.15, -0.1) is 11.3 Å². The molecule has 2 saturated heterocycles. The van der Waals surface area contributed by atoms with Crippen LogP contribution in [0.1, 0.15) is 25.1 Å². The summed E-state index contributed by atoms with van der Waals surface area (Å²) in [6.45, 7) is 5.22. The number of piperazine rings is 1. The maximum Gasteiger partial charge on any atom is 0.246 e. The number of nitrogens with one attached hydrogen (secondary N) is 2. The van der Waals surface area contributed by atoms with Crippen molar-refractivity contribution in [2.24, 2.45) is 5.92 Å². The van der Waals surface area contributed by atoms with E-state index < -0.39 is 6.04 Å². The van der Waals surface area contributed by atoms with Crippen molar-refractivity contribution in [3.05, 3.63) is 21.3 Å². The Bertz CT molecular complexity index is 589. The number of hydrogen-bond donors (Lipinski definition) is 2. The number of rotatable bonds is 4. The second-order valence-corrected chi connectivity index (χ2v) is 8.06. The number of carbonyl (C=O) groups is 2. The molecular weight excluding hydrogens is 322 g/mol. The highest BCUT2D eigenvalue weighted by atomic mass is 35.5. The Morgan fingerprint density at radius 2 is 2.23 bits per heavy atom. The number of hydrogen-bond acceptors (Lipinski definition) is 4. The van der Waals surface area contributed by atoms with Gasteiger partial charge < -0.3 is 15.5 Å². The Kier molecular flexibility index (Phi) is 4.43. The Balaban J connectivity index is 1.62. The van der Waals surface area contributed by atoms with E-state index in [1.807, 2.05) is 26.0 Å². The second kappa shape index (κ2) is 6.18. The van der Waals surface area contributed by atoms with Gasteiger partial charge in [-0.25, -0.2) is 0 Å². The van der Waals surface area contributed by atoms with E-state index in [-0.39, 0.29) is 29.8 Å². The molecule has 0 unspecified atom stereocenters. The summed E-state index contributed by atoms with van der Waals surface area (Å²) in [7, 11) is 0. The van der Waals surface area contributed by atoms with Gasteiger partial charge in [0.25, 0.3) is 0 Å². The van der Waals surface area contributed by atoms with Crippen molar-refractivity contribution in [2.45, 2.75) is 44.9 Å². The molecule has 5 nitrogen and oxygen atoms in total. The van der Waals surface area contributed by atoms with Crippen molar-refractivity contribution in [3.63, 3.8) is 0 Å². The highest BCUT2D eigenvalue weighted by molar-refractivity contribution is 7.16. The zero-order valence-corrected chi connectivity index (χ0v) is 14.2. The van der Waals surface area contributed by atoms with Crippen LogP contribution in [0.2, 0.25) is 4.34 Å². The quantitative estimate of drug-likeness (QED) is 0.874. The van der Waals surface area contributed by atoms with Crippen molar-refractivity contribution < 1.29 is 9.59 Å². The normalized spacial score (nSPS) is 28.2. The van der Waals surface area contributed by atoms with Crippen LogP contribution in [0.3, 0.4) is 0 Å². The Morgan fingerprint density at radius 1 is 1.45 bits per heavy atom. The molecule has 2 fully saturated rings. The summed E-state index contributed by atoms with van der Waals surface area (Å²) in [5.74, 6) is 0.127. The number of thiophene rings is 1. The summed E-state index contributed by atoms with van der Waals surface area (Å²) in [5, 5.41) is 6.29. The zero-order valence-electron chi connectivity index (χ0n) is 12.6. The summed E-state index contributed by atoms with van der Waals surface area (Å²) in [6.07, 6.45) is 0.668. The van der Waals surface area contributed by atoms with Crippen molar-refractivity contribution in [3.8, 4) is 0 Å². The first kappa shape index (κ1) is 15.8. The molecule has 2 aliphatic heterocycles. The molecule has 0 bridgehead atoms. The first-order chi connectivity index (χ1) is 10.5. The van der Waals surface area contributed by atoms with Gasteiger partial charge in [-0.05, 0) is 24.5 Å². The third-order valence-corrected chi connectivity index (χ3v) is 5.54. The molecule has 22 heavy (non-hydrogen) atoms. The molecule has 1 aromatic heterocycles. The maximum absolute atomic E-state index is 12.5. The number of nitrogens with zero attached hydrogens (tertiary/aromatic N) is 1. The minimum absolute atomic E-state index is 0.0261. The third kappa shape index (κ3) is 3.00. The minimum Gasteiger partial charge on any atom is -0.342 e. The molecule has 2 N–H and O–H groups in total. The predicted octanol–water partition coefficient (Wildman–Crippen LogP) is 1.61. The average Bonchev–Trinajstić information content (AvgIpc) is 3.07. The zero-order chi connectivity index (χ0) is 15.9. The largest absolute Gasteiger partial charge is 0.342 e. The van der Waals surface area contributed by atoms with Gasteiger partial charge in [-0.2, -0.15) is 0 Å². The molecule has 2 aliphatic rings. The molecule has 2 amide bonds. The fourth-order valence-electron chi connectivity index (χ4n) is 3.11. The summed E-state index contributed by atoms with van der Waals surface area (Å²) in [6, 6.07) is 3.30. The molecule has 7 heteroatoms. The Labute approximate surface area is 139 Å². The lowest BCUT2D eigenvalue weighted by Crippen LogP contribution is -2.62. The SMILES string of the molecule is CC(C)[C@H]1NC(=O)[C@@H]2C[C@H](NCc3ccc(Cl)s3)CN2C1=O. The van der Waals surface area contributed by atoms with Crippen LogP contribution in [0.5, 0.6) is 0 Å². The highest BCUT2D eigenvalue weighted by Crippen LogP contribution is 2.26. The van der Waals surface area contributed by atoms with Crippen molar-refractivity contribution in [1.29, 1.82) is 0 Å². The first-order valence-corrected chi connectivity index (χ1v) is 8.73. The van der Waals surface area contributed by atoms with Crippen LogP contribution in [-0.2, 0) is 16.1 Å². The third-order valence-electron chi connectivity index (χ3n) is 4.31. The van der Waals surface area contributed by atoms with Crippen molar-refractivity contribution in [1.82, 2.24) is 15.5 Å². The number of amides is 2. The van der Waals surface area contributed by atoms with E-state index in [1.54, 1.807) is 16.2 Å². The molecule has 3 heterocycles. The molecule has 0 aliphatic carbocycles. The van der Waals surface area contributed by atoms with Crippen molar-refractivity contribution >= 4 is 34.8 Å². The van der Waals surface area contributed by atoms with Crippen LogP contribution in [0, 0.1) is 5.92 Å². The van der Waals surface area contributed by atoms with E-state index in [1.165, 1.54) is 0 Å². The van der Waals surface area contributed by atoms with Crippen LogP contribution >= 0.6 is 22.9 Å². The van der Waals surface area contributed by atoms with E-state index in [9.17, 15) is 9.59 Å². The highest BCUT2D eigenvalue weighted by Gasteiger charge is 2.46. The first-order valence-electron chi connectivity index (χ1n) is 7.54. The molecule has 1 aromatic rings. The van der Waals surface area contributed by atoms with Crippen LogP contribution in [0.15, 0.2) is 12.1 Å². The summed E-state index contributed by atoms with van der Waals surface area (Å²) in [4.78, 5) is 27.6. The minimum atomic E-state index is -0.390. The molecule has 3 rings (SSSR count). The molecule has 120 valence electrons. The molecule has 0 spiro atoms. The van der Waals surface area contributed by atoms with Gasteiger partial charge in [0.2, 0.25) is 11.8 Å². The number of halogens is 1. The van der Waals surface area contributed by atoms with E-state index in [2.05, 4.69) is 10.6 Å². The van der Waals surface area contributed by atoms with Gasteiger partial charge in [0.1, 0.15) is 12.1 Å². The molecule has 0 aromatic carbocycles. The van der Waals surface area contributed by atoms with E-state index in [0.717, 1.165) is 9.21 Å². The number of fused-ring (bicyclic) bond motifs is 1. The lowest BCUT2D eigenvalue weighted by molar-refractivity contribution is -0.148. The predicted molar refractivity (Wildman–Crippen MR) is 86.8 cm³/mol. The van der Waals surface area contributed by atoms with Gasteiger partial charge >= 0.3 is 0 Å². The maximum atomic E-state index is 12.5. The molecular formula is C15H20ClN3O2S. The van der Waals surface area contributed by atoms with Crippen molar-refractivity contribution in [2.75, 3.05) is 6.54 Å². The number of carbonyl (C=O) groups excluding carboxylic acids is 2. The lowest BCUT2D eigenvalue weighted by atomic mass is 9.98. The standard InChI is InChI=1S/C15H20ClN3O2S/c1-8(2)13-15(21)19-7-9(5-11(19)14(20)18-13)17-6-10-3-4-12(16)22-10/h3-4,8-9,11,13,17H,5-7H2,1-2H3,(H,18,20)/t9-,11-,13+/m0/s1. The summed E-state index contributed by atoms with van der Waals surface area (Å²) in [5.41, 5.74) is 0. The van der Waals surface area contributed by atoms with Crippen LogP contribution in [-0.4, -0.2) is 41.4 Å². The molecule has 3 atom stereocenters. The van der Waals surface area contributed by atoms with Gasteiger partial charge in [0.05, 0.1) is 4.34 Å². The van der Waals surface area contributed by atoms with Crippen LogP contribution < -0.4 is 10.6 Å². The Hall–Kier alpha value is -1.11. The van der Waals surface area contributed by atoms with Gasteiger partial charge in [-0.3, -0.25) is 9.59 Å². The van der Waals surface area contributed by atoms with Crippen LogP contribution in [0.25, 0.3) is 0 Å². The van der Waals surface area contributed by atoms with E-state index >= 15 is 0 Å². The van der Waals surface area contributed by atoms with Gasteiger partial charge in [0.15, 0.2) is 0 Å². The molecule has 0 radical (unpaired) electrons. The summed E-state index contributed by atoms with van der Waals surface area (Å²) >= 11 is 7.47. The van der Waals surface area contributed by atoms with Gasteiger partial charge in [0, 0.05) is 24.0 Å². The fraction of sp³-hybridized carbons (Fsp3) is 0.600. The molecule has 0 saturated carbocycles. The second-order valence-electron chi connectivity index (χ2n) is 6.26. The van der Waals surface area contributed by atoms with E-state index in [0.29, 0.717) is 19.5 Å². The monoisotopic (exact) mass is 341 g/mol. The fourth-order valence-corrected chi connectivity index (χ4v) is 4.15. The van der Waals surface area contributed by atoms with Gasteiger partial charge in [-0.1, -0.05) is 25.4 Å². The van der Waals surface area contributed by atoms with E-state index in [4.69, 9.17) is 11.6 Å². The van der Waals surface area contributed by atoms with Crippen LogP contribution in [0.4, 0.5) is 0 Å². The smallest absolute Gasteiger partial charge is 0.246 e. The topological polar surface area (TPSA) is 61.4 Å². The lowest BCUT2D eigenvalue weighted by Gasteiger charge is -2.36. The Morgan fingerprint density at radius 3 is 2.86 bits per heavy atom. The average molecular weight is 342 g/mol.